The number of anilines is 2. The minimum absolute atomic E-state index is 0.493. The van der Waals surface area contributed by atoms with E-state index in [1.54, 1.807) is 0 Å². The van der Waals surface area contributed by atoms with E-state index in [-0.39, 0.29) is 0 Å². The van der Waals surface area contributed by atoms with Gasteiger partial charge in [0.05, 0.1) is 0 Å². The lowest BCUT2D eigenvalue weighted by molar-refractivity contribution is 0.0810. The van der Waals surface area contributed by atoms with Crippen LogP contribution in [0.25, 0.3) is 0 Å². The molecule has 1 fully saturated rings. The van der Waals surface area contributed by atoms with Crippen LogP contribution in [-0.4, -0.2) is 68.0 Å². The van der Waals surface area contributed by atoms with Gasteiger partial charge in [0, 0.05) is 51.1 Å². The first-order chi connectivity index (χ1) is 9.06. The molecule has 0 radical (unpaired) electrons. The number of rotatable bonds is 4. The molecule has 0 saturated carbocycles. The number of aliphatic hydroxyl groups is 1. The number of piperazine rings is 1. The third-order valence-electron chi connectivity index (χ3n) is 3.76. The fraction of sp³-hybridized carbons (Fsp3) is 0.571. The molecule has 0 spiro atoms. The molecule has 5 heteroatoms. The fourth-order valence-electron chi connectivity index (χ4n) is 2.27. The van der Waals surface area contributed by atoms with Crippen LogP contribution in [0.2, 0.25) is 0 Å². The normalized spacial score (nSPS) is 19.3. The van der Waals surface area contributed by atoms with E-state index < -0.39 is 6.23 Å². The average molecular weight is 264 g/mol. The Bertz CT molecular complexity index is 387. The van der Waals surface area contributed by atoms with Crippen molar-refractivity contribution >= 4 is 11.4 Å². The van der Waals surface area contributed by atoms with Crippen LogP contribution >= 0.6 is 0 Å². The Morgan fingerprint density at radius 3 is 2.37 bits per heavy atom. The molecule has 0 aliphatic carbocycles. The SMILES string of the molecule is CN1CCN(CC(O)N(C)c2ccc(N)cc2)CC1. The minimum Gasteiger partial charge on any atom is -0.399 e. The smallest absolute Gasteiger partial charge is 0.139 e. The summed E-state index contributed by atoms with van der Waals surface area (Å²) in [5, 5.41) is 10.3. The maximum atomic E-state index is 10.3. The molecule has 1 atom stereocenters. The second-order valence-electron chi connectivity index (χ2n) is 5.29. The van der Waals surface area contributed by atoms with Crippen LogP contribution in [0.3, 0.4) is 0 Å². The molecular formula is C14H24N4O. The first-order valence-corrected chi connectivity index (χ1v) is 6.73. The molecule has 1 aliphatic heterocycles. The van der Waals surface area contributed by atoms with Crippen molar-refractivity contribution in [2.24, 2.45) is 0 Å². The number of benzene rings is 1. The maximum Gasteiger partial charge on any atom is 0.139 e. The summed E-state index contributed by atoms with van der Waals surface area (Å²) >= 11 is 0. The Labute approximate surface area is 115 Å². The summed E-state index contributed by atoms with van der Waals surface area (Å²) < 4.78 is 0. The first-order valence-electron chi connectivity index (χ1n) is 6.73. The van der Waals surface area contributed by atoms with Gasteiger partial charge in [-0.05, 0) is 31.3 Å². The Kier molecular flexibility index (Phi) is 4.63. The van der Waals surface area contributed by atoms with Gasteiger partial charge in [0.25, 0.3) is 0 Å². The van der Waals surface area contributed by atoms with Crippen LogP contribution in [0, 0.1) is 0 Å². The van der Waals surface area contributed by atoms with Gasteiger partial charge in [0.15, 0.2) is 0 Å². The highest BCUT2D eigenvalue weighted by Gasteiger charge is 2.19. The predicted molar refractivity (Wildman–Crippen MR) is 79.2 cm³/mol. The van der Waals surface area contributed by atoms with Crippen LogP contribution in [0.1, 0.15) is 0 Å². The van der Waals surface area contributed by atoms with Crippen LogP contribution < -0.4 is 10.6 Å². The Morgan fingerprint density at radius 2 is 1.79 bits per heavy atom. The van der Waals surface area contributed by atoms with Gasteiger partial charge in [-0.25, -0.2) is 0 Å². The summed E-state index contributed by atoms with van der Waals surface area (Å²) in [6.45, 7) is 4.84. The quantitative estimate of drug-likeness (QED) is 0.604. The zero-order chi connectivity index (χ0) is 13.8. The van der Waals surface area contributed by atoms with Gasteiger partial charge in [-0.2, -0.15) is 0 Å². The number of nitrogens with zero attached hydrogens (tertiary/aromatic N) is 3. The van der Waals surface area contributed by atoms with Crippen molar-refractivity contribution in [3.05, 3.63) is 24.3 Å². The molecule has 1 heterocycles. The van der Waals surface area contributed by atoms with E-state index in [2.05, 4.69) is 16.8 Å². The fourth-order valence-corrected chi connectivity index (χ4v) is 2.27. The van der Waals surface area contributed by atoms with Gasteiger partial charge < -0.3 is 20.6 Å². The van der Waals surface area contributed by atoms with Crippen molar-refractivity contribution in [1.29, 1.82) is 0 Å². The zero-order valence-corrected chi connectivity index (χ0v) is 11.8. The standard InChI is InChI=1S/C14H24N4O/c1-16-7-9-18(10-8-16)11-14(19)17(2)13-5-3-12(15)4-6-13/h3-6,14,19H,7-11,15H2,1-2H3. The van der Waals surface area contributed by atoms with E-state index in [1.807, 2.05) is 36.2 Å². The van der Waals surface area contributed by atoms with Gasteiger partial charge >= 0.3 is 0 Å². The molecule has 0 amide bonds. The van der Waals surface area contributed by atoms with E-state index >= 15 is 0 Å². The van der Waals surface area contributed by atoms with Gasteiger partial charge in [0.2, 0.25) is 0 Å². The monoisotopic (exact) mass is 264 g/mol. The third kappa shape index (κ3) is 3.83. The van der Waals surface area contributed by atoms with Crippen LogP contribution in [-0.2, 0) is 0 Å². The van der Waals surface area contributed by atoms with Crippen LogP contribution in [0.5, 0.6) is 0 Å². The van der Waals surface area contributed by atoms with Gasteiger partial charge in [-0.15, -0.1) is 0 Å². The topological polar surface area (TPSA) is 56.0 Å². The lowest BCUT2D eigenvalue weighted by Crippen LogP contribution is -2.50. The number of hydrogen-bond donors (Lipinski definition) is 2. The molecule has 19 heavy (non-hydrogen) atoms. The van der Waals surface area contributed by atoms with Crippen molar-refractivity contribution in [2.75, 3.05) is 57.5 Å². The van der Waals surface area contributed by atoms with Gasteiger partial charge in [-0.1, -0.05) is 0 Å². The molecule has 1 aromatic carbocycles. The predicted octanol–water partition coefficient (Wildman–Crippen LogP) is 0.271. The zero-order valence-electron chi connectivity index (χ0n) is 11.8. The Balaban J connectivity index is 1.88. The number of likely N-dealkylation sites (N-methyl/N-ethyl adjacent to an activating group) is 2. The number of nitrogens with two attached hydrogens (primary N) is 1. The molecule has 1 aromatic rings. The number of β-amino-alcohol motifs (C(OH)–C–C–N with tert-alkyl or cyclic N) is 1. The van der Waals surface area contributed by atoms with Gasteiger partial charge in [0.1, 0.15) is 6.23 Å². The molecule has 1 saturated heterocycles. The summed E-state index contributed by atoms with van der Waals surface area (Å²) in [6, 6.07) is 7.58. The molecule has 3 N–H and O–H groups in total. The average Bonchev–Trinajstić information content (AvgIpc) is 2.41. The second-order valence-corrected chi connectivity index (χ2v) is 5.29. The number of hydrogen-bond acceptors (Lipinski definition) is 5. The number of aliphatic hydroxyl groups excluding tert-OH is 1. The highest BCUT2D eigenvalue weighted by molar-refractivity contribution is 5.52. The largest absolute Gasteiger partial charge is 0.399 e. The van der Waals surface area contributed by atoms with Crippen molar-refractivity contribution in [3.63, 3.8) is 0 Å². The minimum atomic E-state index is -0.493. The Morgan fingerprint density at radius 1 is 1.21 bits per heavy atom. The van der Waals surface area contributed by atoms with Crippen molar-refractivity contribution in [1.82, 2.24) is 9.80 Å². The molecular weight excluding hydrogens is 240 g/mol. The Hall–Kier alpha value is -1.30. The van der Waals surface area contributed by atoms with Gasteiger partial charge in [-0.3, -0.25) is 4.90 Å². The van der Waals surface area contributed by atoms with Crippen molar-refractivity contribution < 1.29 is 5.11 Å². The molecule has 0 bridgehead atoms. The maximum absolute atomic E-state index is 10.3. The summed E-state index contributed by atoms with van der Waals surface area (Å²) in [6.07, 6.45) is -0.493. The van der Waals surface area contributed by atoms with E-state index in [4.69, 9.17) is 5.73 Å². The lowest BCUT2D eigenvalue weighted by Gasteiger charge is -2.36. The van der Waals surface area contributed by atoms with E-state index in [9.17, 15) is 5.11 Å². The molecule has 0 aromatic heterocycles. The lowest BCUT2D eigenvalue weighted by atomic mass is 10.2. The van der Waals surface area contributed by atoms with E-state index in [0.717, 1.165) is 37.6 Å². The summed E-state index contributed by atoms with van der Waals surface area (Å²) in [4.78, 5) is 6.50. The molecule has 1 unspecified atom stereocenters. The summed E-state index contributed by atoms with van der Waals surface area (Å²) in [5.74, 6) is 0. The van der Waals surface area contributed by atoms with Crippen LogP contribution in [0.4, 0.5) is 11.4 Å². The van der Waals surface area contributed by atoms with E-state index in [0.29, 0.717) is 6.54 Å². The third-order valence-corrected chi connectivity index (χ3v) is 3.76. The van der Waals surface area contributed by atoms with Crippen LogP contribution in [0.15, 0.2) is 24.3 Å². The second kappa shape index (κ2) is 6.23. The van der Waals surface area contributed by atoms with Crippen molar-refractivity contribution in [3.8, 4) is 0 Å². The summed E-state index contributed by atoms with van der Waals surface area (Å²) in [5.41, 5.74) is 7.40. The number of nitrogen functional groups attached to an aromatic ring is 1. The highest BCUT2D eigenvalue weighted by Crippen LogP contribution is 2.17. The molecule has 1 aliphatic rings. The van der Waals surface area contributed by atoms with Crippen molar-refractivity contribution in [2.45, 2.75) is 6.23 Å². The summed E-state index contributed by atoms with van der Waals surface area (Å²) in [7, 11) is 4.04. The molecule has 2 rings (SSSR count). The van der Waals surface area contributed by atoms with E-state index in [1.165, 1.54) is 0 Å². The first kappa shape index (κ1) is 14.1. The molecule has 5 nitrogen and oxygen atoms in total. The highest BCUT2D eigenvalue weighted by atomic mass is 16.3. The molecule has 106 valence electrons.